The lowest BCUT2D eigenvalue weighted by atomic mass is 10.1. The molecule has 0 atom stereocenters. The van der Waals surface area contributed by atoms with Crippen LogP contribution >= 0.6 is 23.4 Å². The van der Waals surface area contributed by atoms with Crippen molar-refractivity contribution in [2.24, 2.45) is 0 Å². The molecule has 1 saturated heterocycles. The fourth-order valence-corrected chi connectivity index (χ4v) is 3.62. The number of hydrogen-bond acceptors (Lipinski definition) is 6. The molecule has 0 unspecified atom stereocenters. The van der Waals surface area contributed by atoms with E-state index in [1.807, 2.05) is 6.92 Å². The maximum Gasteiger partial charge on any atom is 0.293 e. The van der Waals surface area contributed by atoms with Crippen molar-refractivity contribution in [3.63, 3.8) is 0 Å². The fourth-order valence-electron chi connectivity index (χ4n) is 2.57. The Morgan fingerprint density at radius 3 is 2.61 bits per heavy atom. The van der Waals surface area contributed by atoms with E-state index in [2.05, 4.69) is 0 Å². The number of nitrogens with zero attached hydrogens (tertiary/aromatic N) is 1. The SMILES string of the molecule is CCOc1cccc(/C=C2\SC(=O)N(CCOc3ccccc3Cl)C2=O)c1O. The van der Waals surface area contributed by atoms with Crippen LogP contribution in [0.4, 0.5) is 4.79 Å². The Morgan fingerprint density at radius 2 is 1.86 bits per heavy atom. The van der Waals surface area contributed by atoms with Crippen LogP contribution < -0.4 is 9.47 Å². The molecule has 146 valence electrons. The second-order valence-corrected chi connectivity index (χ2v) is 7.14. The monoisotopic (exact) mass is 419 g/mol. The minimum Gasteiger partial charge on any atom is -0.504 e. The minimum absolute atomic E-state index is 0.0711. The summed E-state index contributed by atoms with van der Waals surface area (Å²) in [6, 6.07) is 12.0. The van der Waals surface area contributed by atoms with Gasteiger partial charge in [-0.3, -0.25) is 14.5 Å². The predicted octanol–water partition coefficient (Wildman–Crippen LogP) is 4.56. The second-order valence-electron chi connectivity index (χ2n) is 5.74. The lowest BCUT2D eigenvalue weighted by Crippen LogP contribution is -2.32. The van der Waals surface area contributed by atoms with Gasteiger partial charge in [0.05, 0.1) is 23.1 Å². The van der Waals surface area contributed by atoms with Crippen molar-refractivity contribution in [1.29, 1.82) is 0 Å². The third-order valence-electron chi connectivity index (χ3n) is 3.90. The molecule has 0 radical (unpaired) electrons. The van der Waals surface area contributed by atoms with Crippen LogP contribution in [0.15, 0.2) is 47.4 Å². The van der Waals surface area contributed by atoms with E-state index in [9.17, 15) is 14.7 Å². The van der Waals surface area contributed by atoms with Gasteiger partial charge in [0.15, 0.2) is 11.5 Å². The molecule has 0 aromatic heterocycles. The van der Waals surface area contributed by atoms with Crippen molar-refractivity contribution in [2.75, 3.05) is 19.8 Å². The summed E-state index contributed by atoms with van der Waals surface area (Å²) in [6.45, 7) is 2.43. The summed E-state index contributed by atoms with van der Waals surface area (Å²) >= 11 is 6.84. The van der Waals surface area contributed by atoms with Crippen molar-refractivity contribution in [2.45, 2.75) is 6.92 Å². The Kier molecular flexibility index (Phi) is 6.49. The average Bonchev–Trinajstić information content (AvgIpc) is 2.94. The average molecular weight is 420 g/mol. The largest absolute Gasteiger partial charge is 0.504 e. The zero-order valence-electron chi connectivity index (χ0n) is 15.1. The zero-order chi connectivity index (χ0) is 20.1. The molecule has 1 aliphatic heterocycles. The van der Waals surface area contributed by atoms with Crippen molar-refractivity contribution in [3.8, 4) is 17.2 Å². The molecule has 3 rings (SSSR count). The van der Waals surface area contributed by atoms with E-state index in [-0.39, 0.29) is 29.0 Å². The van der Waals surface area contributed by atoms with Gasteiger partial charge in [-0.25, -0.2) is 0 Å². The molecule has 1 aliphatic rings. The topological polar surface area (TPSA) is 76.1 Å². The van der Waals surface area contributed by atoms with Gasteiger partial charge in [0.2, 0.25) is 0 Å². The summed E-state index contributed by atoms with van der Waals surface area (Å²) in [7, 11) is 0. The van der Waals surface area contributed by atoms with Crippen molar-refractivity contribution >= 4 is 40.6 Å². The molecule has 8 heteroatoms. The zero-order valence-corrected chi connectivity index (χ0v) is 16.6. The first kappa shape index (κ1) is 20.1. The smallest absolute Gasteiger partial charge is 0.293 e. The number of para-hydroxylation sites is 2. The van der Waals surface area contributed by atoms with E-state index < -0.39 is 5.91 Å². The van der Waals surface area contributed by atoms with Crippen LogP contribution in [-0.4, -0.2) is 40.9 Å². The van der Waals surface area contributed by atoms with Crippen LogP contribution in [0.1, 0.15) is 12.5 Å². The van der Waals surface area contributed by atoms with Gasteiger partial charge in [0.1, 0.15) is 12.4 Å². The summed E-state index contributed by atoms with van der Waals surface area (Å²) in [5, 5.41) is 10.3. The first-order valence-electron chi connectivity index (χ1n) is 8.58. The van der Waals surface area contributed by atoms with Gasteiger partial charge in [-0.05, 0) is 43.0 Å². The minimum atomic E-state index is -0.432. The Labute approximate surface area is 171 Å². The maximum absolute atomic E-state index is 12.6. The van der Waals surface area contributed by atoms with E-state index in [0.29, 0.717) is 28.7 Å². The summed E-state index contributed by atoms with van der Waals surface area (Å²) in [6.07, 6.45) is 1.48. The number of hydrogen-bond donors (Lipinski definition) is 1. The molecule has 0 bridgehead atoms. The fraction of sp³-hybridized carbons (Fsp3) is 0.200. The van der Waals surface area contributed by atoms with Gasteiger partial charge < -0.3 is 14.6 Å². The number of carbonyl (C=O) groups is 2. The molecule has 2 aromatic rings. The van der Waals surface area contributed by atoms with Crippen LogP contribution in [0, 0.1) is 0 Å². The van der Waals surface area contributed by atoms with Crippen molar-refractivity contribution in [3.05, 3.63) is 58.0 Å². The summed E-state index contributed by atoms with van der Waals surface area (Å²) in [5.74, 6) is 0.310. The van der Waals surface area contributed by atoms with Crippen molar-refractivity contribution < 1.29 is 24.2 Å². The Bertz CT molecular complexity index is 931. The molecule has 1 fully saturated rings. The first-order valence-corrected chi connectivity index (χ1v) is 9.78. The molecule has 1 N–H and O–H groups in total. The highest BCUT2D eigenvalue weighted by molar-refractivity contribution is 8.18. The number of thioether (sulfide) groups is 1. The van der Waals surface area contributed by atoms with Gasteiger partial charge in [0, 0.05) is 5.56 Å². The number of rotatable bonds is 7. The lowest BCUT2D eigenvalue weighted by Gasteiger charge is -2.13. The predicted molar refractivity (Wildman–Crippen MR) is 109 cm³/mol. The number of amides is 2. The molecular weight excluding hydrogens is 402 g/mol. The van der Waals surface area contributed by atoms with Gasteiger partial charge >= 0.3 is 0 Å². The Morgan fingerprint density at radius 1 is 1.11 bits per heavy atom. The second kappa shape index (κ2) is 9.03. The summed E-state index contributed by atoms with van der Waals surface area (Å²) in [4.78, 5) is 26.1. The van der Waals surface area contributed by atoms with Crippen LogP contribution in [-0.2, 0) is 4.79 Å². The van der Waals surface area contributed by atoms with Crippen LogP contribution in [0.2, 0.25) is 5.02 Å². The molecule has 0 aliphatic carbocycles. The normalized spacial score (nSPS) is 15.4. The highest BCUT2D eigenvalue weighted by Gasteiger charge is 2.35. The number of ether oxygens (including phenoxy) is 2. The number of carbonyl (C=O) groups excluding carboxylic acids is 2. The van der Waals surface area contributed by atoms with E-state index in [1.165, 1.54) is 6.08 Å². The van der Waals surface area contributed by atoms with Crippen LogP contribution in [0.25, 0.3) is 6.08 Å². The third-order valence-corrected chi connectivity index (χ3v) is 5.12. The summed E-state index contributed by atoms with van der Waals surface area (Å²) in [5.41, 5.74) is 0.406. The van der Waals surface area contributed by atoms with Crippen molar-refractivity contribution in [1.82, 2.24) is 4.90 Å². The van der Waals surface area contributed by atoms with Gasteiger partial charge in [-0.2, -0.15) is 0 Å². The number of phenolic OH excluding ortho intramolecular Hbond substituents is 1. The standard InChI is InChI=1S/C20H18ClNO5S/c1-2-26-16-9-5-6-13(18(16)23)12-17-19(24)22(20(25)28-17)10-11-27-15-8-4-3-7-14(15)21/h3-9,12,23H,2,10-11H2,1H3/b17-12-. The number of halogens is 1. The third kappa shape index (κ3) is 4.43. The molecule has 0 spiro atoms. The highest BCUT2D eigenvalue weighted by Crippen LogP contribution is 2.36. The van der Waals surface area contributed by atoms with E-state index in [1.54, 1.807) is 42.5 Å². The number of aromatic hydroxyl groups is 1. The first-order chi connectivity index (χ1) is 13.5. The van der Waals surface area contributed by atoms with Gasteiger partial charge in [-0.1, -0.05) is 35.9 Å². The lowest BCUT2D eigenvalue weighted by molar-refractivity contribution is -0.123. The highest BCUT2D eigenvalue weighted by atomic mass is 35.5. The summed E-state index contributed by atoms with van der Waals surface area (Å²) < 4.78 is 10.9. The van der Waals surface area contributed by atoms with E-state index >= 15 is 0 Å². The molecule has 28 heavy (non-hydrogen) atoms. The molecule has 2 aromatic carbocycles. The molecule has 2 amide bonds. The molecule has 0 saturated carbocycles. The molecule has 1 heterocycles. The Hall–Kier alpha value is -2.64. The van der Waals surface area contributed by atoms with Gasteiger partial charge in [0.25, 0.3) is 11.1 Å². The number of imide groups is 1. The molecular formula is C20H18ClNO5S. The van der Waals surface area contributed by atoms with Crippen LogP contribution in [0.5, 0.6) is 17.2 Å². The maximum atomic E-state index is 12.6. The van der Waals surface area contributed by atoms with E-state index in [0.717, 1.165) is 16.7 Å². The number of phenols is 1. The van der Waals surface area contributed by atoms with E-state index in [4.69, 9.17) is 21.1 Å². The van der Waals surface area contributed by atoms with Gasteiger partial charge in [-0.15, -0.1) is 0 Å². The number of benzene rings is 2. The quantitative estimate of drug-likeness (QED) is 0.663. The van der Waals surface area contributed by atoms with Crippen LogP contribution in [0.3, 0.4) is 0 Å². The molecule has 6 nitrogen and oxygen atoms in total. The Balaban J connectivity index is 1.69.